The van der Waals surface area contributed by atoms with Crippen molar-refractivity contribution in [3.8, 4) is 5.75 Å². The summed E-state index contributed by atoms with van der Waals surface area (Å²) in [4.78, 5) is 17.3. The van der Waals surface area contributed by atoms with Gasteiger partial charge in [-0.15, -0.1) is 0 Å². The number of imidazole rings is 1. The number of benzene rings is 3. The predicted molar refractivity (Wildman–Crippen MR) is 147 cm³/mol. The Hall–Kier alpha value is -3.60. The minimum atomic E-state index is -0.0445. The van der Waals surface area contributed by atoms with E-state index in [-0.39, 0.29) is 11.3 Å². The topological polar surface area (TPSA) is 56.1 Å². The highest BCUT2D eigenvalue weighted by Gasteiger charge is 2.14. The van der Waals surface area contributed by atoms with E-state index in [1.807, 2.05) is 6.07 Å². The van der Waals surface area contributed by atoms with Crippen molar-refractivity contribution in [1.29, 1.82) is 0 Å². The van der Waals surface area contributed by atoms with E-state index in [4.69, 9.17) is 9.72 Å². The number of hydrogen-bond acceptors (Lipinski definition) is 3. The van der Waals surface area contributed by atoms with Crippen LogP contribution in [-0.4, -0.2) is 29.1 Å². The van der Waals surface area contributed by atoms with Crippen LogP contribution in [0, 0.1) is 0 Å². The van der Waals surface area contributed by atoms with E-state index in [0.29, 0.717) is 12.1 Å². The second-order valence-electron chi connectivity index (χ2n) is 10.3. The van der Waals surface area contributed by atoms with Gasteiger partial charge in [-0.05, 0) is 65.8 Å². The van der Waals surface area contributed by atoms with Gasteiger partial charge in [-0.25, -0.2) is 4.98 Å². The minimum Gasteiger partial charge on any atom is -0.497 e. The SMILES string of the molecule is COc1ccc(C(=O)NCCCCCc2nc3ccccc3n2Cc2ccc(C(C)(C)C)cc2)cc1. The Morgan fingerprint density at radius 1 is 0.917 bits per heavy atom. The van der Waals surface area contributed by atoms with E-state index < -0.39 is 0 Å². The standard InChI is InChI=1S/C31H37N3O2/c1-31(2,3)25-17-13-23(14-18-25)22-34-28-11-8-7-10-27(28)33-29(34)12-6-5-9-21-32-30(35)24-15-19-26(36-4)20-16-24/h7-8,10-11,13-20H,5-6,9,12,21-22H2,1-4H3,(H,32,35). The summed E-state index contributed by atoms with van der Waals surface area (Å²) in [7, 11) is 1.62. The summed E-state index contributed by atoms with van der Waals surface area (Å²) in [6.45, 7) is 8.22. The van der Waals surface area contributed by atoms with E-state index in [1.165, 1.54) is 16.6 Å². The summed E-state index contributed by atoms with van der Waals surface area (Å²) in [5.74, 6) is 1.83. The third-order valence-corrected chi connectivity index (χ3v) is 6.61. The van der Waals surface area contributed by atoms with Gasteiger partial charge >= 0.3 is 0 Å². The first-order valence-corrected chi connectivity index (χ1v) is 12.8. The lowest BCUT2D eigenvalue weighted by molar-refractivity contribution is 0.0953. The second-order valence-corrected chi connectivity index (χ2v) is 10.3. The molecule has 36 heavy (non-hydrogen) atoms. The average molecular weight is 484 g/mol. The molecule has 5 heteroatoms. The van der Waals surface area contributed by atoms with Crippen molar-refractivity contribution < 1.29 is 9.53 Å². The Morgan fingerprint density at radius 2 is 1.64 bits per heavy atom. The van der Waals surface area contributed by atoms with Crippen molar-refractivity contribution in [3.05, 3.63) is 95.3 Å². The zero-order chi connectivity index (χ0) is 25.5. The summed E-state index contributed by atoms with van der Waals surface area (Å²) >= 11 is 0. The number of nitrogens with one attached hydrogen (secondary N) is 1. The number of carbonyl (C=O) groups is 1. The van der Waals surface area contributed by atoms with Crippen LogP contribution in [0.1, 0.15) is 67.3 Å². The van der Waals surface area contributed by atoms with Crippen molar-refractivity contribution in [2.24, 2.45) is 0 Å². The van der Waals surface area contributed by atoms with Crippen molar-refractivity contribution >= 4 is 16.9 Å². The van der Waals surface area contributed by atoms with Gasteiger partial charge in [-0.1, -0.05) is 63.6 Å². The molecule has 1 amide bonds. The van der Waals surface area contributed by atoms with Crippen molar-refractivity contribution in [2.45, 2.75) is 58.4 Å². The van der Waals surface area contributed by atoms with Crippen molar-refractivity contribution in [3.63, 3.8) is 0 Å². The summed E-state index contributed by atoms with van der Waals surface area (Å²) in [5.41, 5.74) is 5.67. The number of carbonyl (C=O) groups excluding carboxylic acids is 1. The molecular weight excluding hydrogens is 446 g/mol. The molecule has 0 radical (unpaired) electrons. The average Bonchev–Trinajstić information content (AvgIpc) is 3.23. The Bertz CT molecular complexity index is 1280. The van der Waals surface area contributed by atoms with Gasteiger partial charge < -0.3 is 14.6 Å². The number of nitrogens with zero attached hydrogens (tertiary/aromatic N) is 2. The molecule has 0 fully saturated rings. The fourth-order valence-corrected chi connectivity index (χ4v) is 4.42. The maximum absolute atomic E-state index is 12.3. The minimum absolute atomic E-state index is 0.0445. The van der Waals surface area contributed by atoms with E-state index in [2.05, 4.69) is 73.1 Å². The highest BCUT2D eigenvalue weighted by Crippen LogP contribution is 2.24. The van der Waals surface area contributed by atoms with Gasteiger partial charge in [0.1, 0.15) is 11.6 Å². The van der Waals surface area contributed by atoms with Crippen LogP contribution >= 0.6 is 0 Å². The molecule has 1 aromatic heterocycles. The number of para-hydroxylation sites is 2. The first-order valence-electron chi connectivity index (χ1n) is 12.8. The third-order valence-electron chi connectivity index (χ3n) is 6.61. The first kappa shape index (κ1) is 25.5. The number of aromatic nitrogens is 2. The summed E-state index contributed by atoms with van der Waals surface area (Å²) < 4.78 is 7.50. The smallest absolute Gasteiger partial charge is 0.251 e. The number of rotatable bonds is 10. The molecule has 0 saturated carbocycles. The van der Waals surface area contributed by atoms with Crippen LogP contribution in [0.3, 0.4) is 0 Å². The molecule has 0 atom stereocenters. The number of amides is 1. The lowest BCUT2D eigenvalue weighted by Gasteiger charge is -2.19. The van der Waals surface area contributed by atoms with Crippen LogP contribution in [0.4, 0.5) is 0 Å². The number of fused-ring (bicyclic) bond motifs is 1. The Balaban J connectivity index is 1.32. The number of methoxy groups -OCH3 is 1. The van der Waals surface area contributed by atoms with Gasteiger partial charge in [-0.3, -0.25) is 4.79 Å². The molecule has 0 aliphatic rings. The molecule has 5 nitrogen and oxygen atoms in total. The van der Waals surface area contributed by atoms with Gasteiger partial charge in [0.25, 0.3) is 5.91 Å². The molecular formula is C31H37N3O2. The van der Waals surface area contributed by atoms with E-state index in [1.54, 1.807) is 31.4 Å². The lowest BCUT2D eigenvalue weighted by Crippen LogP contribution is -2.24. The molecule has 0 aliphatic carbocycles. The van der Waals surface area contributed by atoms with Crippen molar-refractivity contribution in [1.82, 2.24) is 14.9 Å². The van der Waals surface area contributed by atoms with Crippen LogP contribution < -0.4 is 10.1 Å². The molecule has 0 bridgehead atoms. The molecule has 1 heterocycles. The fraction of sp³-hybridized carbons (Fsp3) is 0.355. The van der Waals surface area contributed by atoms with Crippen molar-refractivity contribution in [2.75, 3.05) is 13.7 Å². The third kappa shape index (κ3) is 6.34. The van der Waals surface area contributed by atoms with E-state index in [9.17, 15) is 4.79 Å². The Morgan fingerprint density at radius 3 is 2.33 bits per heavy atom. The molecule has 0 saturated heterocycles. The van der Waals surface area contributed by atoms with Gasteiger partial charge in [0, 0.05) is 25.1 Å². The zero-order valence-electron chi connectivity index (χ0n) is 21.9. The fourth-order valence-electron chi connectivity index (χ4n) is 4.42. The molecule has 4 rings (SSSR count). The van der Waals surface area contributed by atoms with E-state index >= 15 is 0 Å². The van der Waals surface area contributed by atoms with Gasteiger partial charge in [0.05, 0.1) is 18.1 Å². The van der Waals surface area contributed by atoms with Crippen LogP contribution in [-0.2, 0) is 18.4 Å². The molecule has 188 valence electrons. The highest BCUT2D eigenvalue weighted by atomic mass is 16.5. The summed E-state index contributed by atoms with van der Waals surface area (Å²) in [6.07, 6.45) is 3.93. The molecule has 0 aliphatic heterocycles. The normalized spacial score (nSPS) is 11.6. The van der Waals surface area contributed by atoms with Crippen LogP contribution in [0.15, 0.2) is 72.8 Å². The van der Waals surface area contributed by atoms with Crippen LogP contribution in [0.5, 0.6) is 5.75 Å². The second kappa shape index (κ2) is 11.4. The Kier molecular flexibility index (Phi) is 8.09. The maximum atomic E-state index is 12.3. The highest BCUT2D eigenvalue weighted by molar-refractivity contribution is 5.94. The largest absolute Gasteiger partial charge is 0.497 e. The molecule has 0 unspecified atom stereocenters. The predicted octanol–water partition coefficient (Wildman–Crippen LogP) is 6.53. The number of aryl methyl sites for hydroxylation is 1. The summed E-state index contributed by atoms with van der Waals surface area (Å²) in [6, 6.07) is 24.5. The number of ether oxygens (including phenoxy) is 1. The van der Waals surface area contributed by atoms with Gasteiger partial charge in [0.2, 0.25) is 0 Å². The first-order chi connectivity index (χ1) is 17.3. The van der Waals surface area contributed by atoms with Gasteiger partial charge in [0.15, 0.2) is 0 Å². The van der Waals surface area contributed by atoms with Crippen LogP contribution in [0.25, 0.3) is 11.0 Å². The van der Waals surface area contributed by atoms with Gasteiger partial charge in [-0.2, -0.15) is 0 Å². The van der Waals surface area contributed by atoms with Crippen LogP contribution in [0.2, 0.25) is 0 Å². The number of unbranched alkanes of at least 4 members (excludes halogenated alkanes) is 2. The molecule has 4 aromatic rings. The summed E-state index contributed by atoms with van der Waals surface area (Å²) in [5, 5.41) is 3.02. The number of hydrogen-bond donors (Lipinski definition) is 1. The van der Waals surface area contributed by atoms with E-state index in [0.717, 1.165) is 49.3 Å². The lowest BCUT2D eigenvalue weighted by atomic mass is 9.87. The zero-order valence-corrected chi connectivity index (χ0v) is 21.9. The molecule has 3 aromatic carbocycles. The monoisotopic (exact) mass is 483 g/mol. The maximum Gasteiger partial charge on any atom is 0.251 e. The molecule has 0 spiro atoms. The quantitative estimate of drug-likeness (QED) is 0.261. The Labute approximate surface area is 214 Å². The molecule has 1 N–H and O–H groups in total.